The van der Waals surface area contributed by atoms with Crippen molar-refractivity contribution in [2.75, 3.05) is 0 Å². The van der Waals surface area contributed by atoms with Crippen molar-refractivity contribution in [1.29, 1.82) is 0 Å². The van der Waals surface area contributed by atoms with E-state index in [0.29, 0.717) is 0 Å². The Labute approximate surface area is 298 Å². The molecule has 1 aliphatic heterocycles. The molecule has 1 atom stereocenters. The molecule has 0 bridgehead atoms. The average Bonchev–Trinajstić information content (AvgIpc) is 3.78. The van der Waals surface area contributed by atoms with Gasteiger partial charge in [-0.25, -0.2) is 0 Å². The van der Waals surface area contributed by atoms with Crippen LogP contribution in [0.5, 0.6) is 0 Å². The third kappa shape index (κ3) is 4.58. The Hall–Kier alpha value is -6.91. The van der Waals surface area contributed by atoms with E-state index in [1.807, 2.05) is 30.3 Å². The maximum atomic E-state index is 6.67. The van der Waals surface area contributed by atoms with Crippen LogP contribution in [-0.4, -0.2) is 0 Å². The number of para-hydroxylation sites is 2. The van der Waals surface area contributed by atoms with Crippen LogP contribution in [0.4, 0.5) is 0 Å². The molecule has 244 valence electrons. The van der Waals surface area contributed by atoms with Crippen molar-refractivity contribution in [2.45, 2.75) is 6.17 Å². The molecule has 0 spiro atoms. The largest absolute Gasteiger partial charge is 0.456 e. The van der Waals surface area contributed by atoms with Gasteiger partial charge in [0.05, 0.1) is 5.70 Å². The number of rotatable bonds is 4. The summed E-state index contributed by atoms with van der Waals surface area (Å²) in [6, 6.07) is 59.9. The van der Waals surface area contributed by atoms with Gasteiger partial charge in [0.25, 0.3) is 0 Å². The molecule has 0 saturated carbocycles. The lowest BCUT2D eigenvalue weighted by Gasteiger charge is -2.22. The van der Waals surface area contributed by atoms with Gasteiger partial charge >= 0.3 is 0 Å². The van der Waals surface area contributed by atoms with Gasteiger partial charge in [-0.05, 0) is 91.8 Å². The summed E-state index contributed by atoms with van der Waals surface area (Å²) in [5, 5.41) is 12.7. The van der Waals surface area contributed by atoms with Gasteiger partial charge in [0, 0.05) is 21.7 Å². The highest BCUT2D eigenvalue weighted by Gasteiger charge is 2.25. The zero-order chi connectivity index (χ0) is 34.2. The molecule has 52 heavy (non-hydrogen) atoms. The zero-order valence-electron chi connectivity index (χ0n) is 28.0. The van der Waals surface area contributed by atoms with Crippen molar-refractivity contribution in [2.24, 2.45) is 4.99 Å². The first-order valence-corrected chi connectivity index (χ1v) is 17.6. The molecule has 0 aliphatic carbocycles. The van der Waals surface area contributed by atoms with E-state index in [-0.39, 0.29) is 6.17 Å². The fourth-order valence-corrected chi connectivity index (χ4v) is 7.86. The molecule has 8 aromatic carbocycles. The Balaban J connectivity index is 1.11. The smallest absolute Gasteiger partial charge is 0.177 e. The quantitative estimate of drug-likeness (QED) is 0.203. The number of nitrogens with one attached hydrogen (secondary N) is 1. The van der Waals surface area contributed by atoms with Gasteiger partial charge in [0.1, 0.15) is 28.3 Å². The second kappa shape index (κ2) is 11.3. The number of furan rings is 2. The van der Waals surface area contributed by atoms with Crippen LogP contribution < -0.4 is 16.1 Å². The van der Waals surface area contributed by atoms with Crippen molar-refractivity contribution in [1.82, 2.24) is 5.32 Å². The van der Waals surface area contributed by atoms with Crippen LogP contribution in [0, 0.1) is 0 Å². The fourth-order valence-electron chi connectivity index (χ4n) is 7.86. The van der Waals surface area contributed by atoms with Crippen LogP contribution in [0.3, 0.4) is 0 Å². The van der Waals surface area contributed by atoms with Crippen LogP contribution >= 0.6 is 0 Å². The van der Waals surface area contributed by atoms with Crippen LogP contribution in [0.25, 0.3) is 82.4 Å². The highest BCUT2D eigenvalue weighted by molar-refractivity contribution is 6.11. The van der Waals surface area contributed by atoms with Crippen molar-refractivity contribution >= 4 is 60.1 Å². The van der Waals surface area contributed by atoms with Gasteiger partial charge in [-0.1, -0.05) is 127 Å². The third-order valence-electron chi connectivity index (χ3n) is 10.5. The molecule has 0 saturated heterocycles. The van der Waals surface area contributed by atoms with Crippen molar-refractivity contribution in [3.8, 4) is 22.3 Å². The molecule has 1 unspecified atom stereocenters. The first-order valence-electron chi connectivity index (χ1n) is 17.6. The summed E-state index contributed by atoms with van der Waals surface area (Å²) in [6.07, 6.45) is -0.341. The SMILES string of the molecule is c1ccc2cc(-c3ccc(C4N=c5c(oc6ccccc56)=C(c5cc(-c6ccc7ccccc7c6)cc6oc7ccccc7c56)N4)cc3)ccc2c1. The van der Waals surface area contributed by atoms with E-state index in [1.54, 1.807) is 0 Å². The molecule has 1 N–H and O–H groups in total. The van der Waals surface area contributed by atoms with Crippen LogP contribution in [-0.2, 0) is 0 Å². The van der Waals surface area contributed by atoms with E-state index in [9.17, 15) is 0 Å². The van der Waals surface area contributed by atoms with Gasteiger partial charge < -0.3 is 14.2 Å². The number of hydrogen-bond donors (Lipinski definition) is 1. The molecular formula is C48H30N2O2. The molecule has 11 rings (SSSR count). The van der Waals surface area contributed by atoms with Crippen molar-refractivity contribution in [3.05, 3.63) is 192 Å². The Bertz CT molecular complexity index is 3170. The summed E-state index contributed by atoms with van der Waals surface area (Å²) in [5.41, 5.74) is 10.7. The predicted octanol–water partition coefficient (Wildman–Crippen LogP) is 11.1. The average molecular weight is 667 g/mol. The molecule has 10 aromatic rings. The number of benzene rings is 8. The molecule has 1 aliphatic rings. The maximum Gasteiger partial charge on any atom is 0.177 e. The standard InChI is InChI=1S/C48H30N2O2/c1-3-11-33-25-35(23-19-29(33)9-1)31-17-21-32(22-18-31)48-49-45-39-14-6-8-16-42(39)52-47(45)46(50-48)40-27-37(36-24-20-30-10-2-4-12-34(30)26-36)28-43-44(40)38-13-5-7-15-41(38)51-43/h1-28,48,50H. The van der Waals surface area contributed by atoms with E-state index in [2.05, 4.69) is 145 Å². The summed E-state index contributed by atoms with van der Waals surface area (Å²) in [4.78, 5) is 5.32. The Morgan fingerprint density at radius 2 is 1.02 bits per heavy atom. The normalized spacial score (nSPS) is 14.2. The topological polar surface area (TPSA) is 50.7 Å². The van der Waals surface area contributed by atoms with Crippen LogP contribution in [0.1, 0.15) is 17.3 Å². The highest BCUT2D eigenvalue weighted by atomic mass is 16.3. The van der Waals surface area contributed by atoms with Gasteiger partial charge in [-0.2, -0.15) is 0 Å². The van der Waals surface area contributed by atoms with Crippen molar-refractivity contribution < 1.29 is 8.83 Å². The number of fused-ring (bicyclic) bond motifs is 8. The summed E-state index contributed by atoms with van der Waals surface area (Å²) in [6.45, 7) is 0. The van der Waals surface area contributed by atoms with Crippen LogP contribution in [0.2, 0.25) is 0 Å². The first kappa shape index (κ1) is 28.9. The second-order valence-corrected chi connectivity index (χ2v) is 13.6. The molecule has 0 fully saturated rings. The molecule has 4 heteroatoms. The summed E-state index contributed by atoms with van der Waals surface area (Å²) in [7, 11) is 0. The third-order valence-corrected chi connectivity index (χ3v) is 10.5. The highest BCUT2D eigenvalue weighted by Crippen LogP contribution is 2.39. The lowest BCUT2D eigenvalue weighted by Crippen LogP contribution is -2.38. The molecular weight excluding hydrogens is 637 g/mol. The molecule has 0 radical (unpaired) electrons. The Morgan fingerprint density at radius 3 is 1.73 bits per heavy atom. The predicted molar refractivity (Wildman–Crippen MR) is 211 cm³/mol. The van der Waals surface area contributed by atoms with E-state index in [0.717, 1.165) is 71.6 Å². The Kier molecular flexibility index (Phi) is 6.28. The van der Waals surface area contributed by atoms with Gasteiger partial charge in [-0.15, -0.1) is 0 Å². The zero-order valence-corrected chi connectivity index (χ0v) is 28.0. The fraction of sp³-hybridized carbons (Fsp3) is 0.0208. The Morgan fingerprint density at radius 1 is 0.442 bits per heavy atom. The number of hydrogen-bond acceptors (Lipinski definition) is 4. The van der Waals surface area contributed by atoms with E-state index in [4.69, 9.17) is 13.8 Å². The monoisotopic (exact) mass is 666 g/mol. The first-order chi connectivity index (χ1) is 25.7. The van der Waals surface area contributed by atoms with E-state index in [1.165, 1.54) is 32.7 Å². The number of nitrogens with zero attached hydrogens (tertiary/aromatic N) is 1. The summed E-state index contributed by atoms with van der Waals surface area (Å²) < 4.78 is 13.2. The van der Waals surface area contributed by atoms with Crippen LogP contribution in [0.15, 0.2) is 184 Å². The van der Waals surface area contributed by atoms with Gasteiger partial charge in [-0.3, -0.25) is 4.99 Å². The second-order valence-electron chi connectivity index (χ2n) is 13.6. The van der Waals surface area contributed by atoms with Crippen molar-refractivity contribution in [3.63, 3.8) is 0 Å². The lowest BCUT2D eigenvalue weighted by atomic mass is 9.95. The molecule has 0 amide bonds. The minimum absolute atomic E-state index is 0.341. The van der Waals surface area contributed by atoms with Gasteiger partial charge in [0.15, 0.2) is 5.42 Å². The summed E-state index contributed by atoms with van der Waals surface area (Å²) >= 11 is 0. The molecule has 3 heterocycles. The minimum atomic E-state index is -0.341. The van der Waals surface area contributed by atoms with E-state index < -0.39 is 0 Å². The molecule has 2 aromatic heterocycles. The maximum absolute atomic E-state index is 6.67. The van der Waals surface area contributed by atoms with Gasteiger partial charge in [0.2, 0.25) is 0 Å². The van der Waals surface area contributed by atoms with E-state index >= 15 is 0 Å². The summed E-state index contributed by atoms with van der Waals surface area (Å²) in [5.74, 6) is 0. The minimum Gasteiger partial charge on any atom is -0.456 e. The lowest BCUT2D eigenvalue weighted by molar-refractivity contribution is 0.535. The molecule has 4 nitrogen and oxygen atoms in total.